The van der Waals surface area contributed by atoms with E-state index in [0.29, 0.717) is 0 Å². The van der Waals surface area contributed by atoms with Gasteiger partial charge in [-0.1, -0.05) is 0 Å². The number of hydrogen-bond donors (Lipinski definition) is 2. The molecule has 10 heteroatoms. The molecule has 0 atom stereocenters. The van der Waals surface area contributed by atoms with Crippen LogP contribution in [-0.2, 0) is 45.3 Å². The summed E-state index contributed by atoms with van der Waals surface area (Å²) in [7, 11) is 0. The Morgan fingerprint density at radius 1 is 0.900 bits per heavy atom. The van der Waals surface area contributed by atoms with Crippen LogP contribution in [0.4, 0.5) is 0 Å². The van der Waals surface area contributed by atoms with Crippen molar-refractivity contribution in [1.29, 1.82) is 0 Å². The van der Waals surface area contributed by atoms with Crippen LogP contribution >= 0.6 is 0 Å². The summed E-state index contributed by atoms with van der Waals surface area (Å²) in [6.45, 7) is 0. The molecule has 0 fully saturated rings. The fourth-order valence-corrected chi connectivity index (χ4v) is 1.85. The minimum atomic E-state index is -5.76. The van der Waals surface area contributed by atoms with Crippen LogP contribution in [0.2, 0.25) is 0 Å². The molecule has 0 rings (SSSR count). The molecule has 10 heavy (non-hydrogen) atoms. The molecule has 0 aromatic heterocycles. The topological polar surface area (TPSA) is 118 Å². The third-order valence-corrected chi connectivity index (χ3v) is 2.92. The van der Waals surface area contributed by atoms with Gasteiger partial charge >= 0.3 is 105 Å². The zero-order valence-electron chi connectivity index (χ0n) is 3.75. The third-order valence-electron chi connectivity index (χ3n) is 0.172. The first kappa shape index (κ1) is 14.3. The van der Waals surface area contributed by atoms with Crippen molar-refractivity contribution in [2.24, 2.45) is 0 Å². The van der Waals surface area contributed by atoms with E-state index in [1.54, 1.807) is 0 Å². The van der Waals surface area contributed by atoms with Crippen LogP contribution in [0.15, 0.2) is 0 Å². The van der Waals surface area contributed by atoms with Crippen LogP contribution < -0.4 is 0 Å². The maximum absolute atomic E-state index is 9.53. The predicted molar refractivity (Wildman–Crippen MR) is 15.4 cm³/mol. The van der Waals surface area contributed by atoms with Crippen molar-refractivity contribution < 1.29 is 53.6 Å². The van der Waals surface area contributed by atoms with Crippen molar-refractivity contribution in [3.8, 4) is 0 Å². The summed E-state index contributed by atoms with van der Waals surface area (Å²) < 4.78 is 56.3. The van der Waals surface area contributed by atoms with Crippen LogP contribution in [0.3, 0.4) is 0 Å². The molecule has 0 aliphatic heterocycles. The Morgan fingerprint density at radius 3 is 1.10 bits per heavy atom. The normalized spacial score (nSPS) is 12.2. The quantitative estimate of drug-likeness (QED) is 0.534. The Hall–Kier alpha value is 1.78. The second-order valence-corrected chi connectivity index (χ2v) is 4.68. The molecule has 0 aromatic carbocycles. The van der Waals surface area contributed by atoms with Gasteiger partial charge in [-0.3, -0.25) is 0 Å². The van der Waals surface area contributed by atoms with Gasteiger partial charge in [-0.05, 0) is 0 Å². The molecule has 58 valence electrons. The zero-order valence-corrected chi connectivity index (χ0v) is 6.30. The van der Waals surface area contributed by atoms with Crippen LogP contribution in [-0.4, -0.2) is 59.7 Å². The summed E-state index contributed by atoms with van der Waals surface area (Å²) in [5.74, 6) is 0. The zero-order chi connectivity index (χ0) is 7.71. The molecular weight excluding hydrogens is 255 g/mol. The molecule has 0 spiro atoms. The van der Waals surface area contributed by atoms with E-state index in [9.17, 15) is 15.2 Å². The van der Waals surface area contributed by atoms with Gasteiger partial charge in [0.15, 0.2) is 0 Å². The van der Waals surface area contributed by atoms with Crippen LogP contribution in [0.25, 0.3) is 0 Å². The molecule has 0 aliphatic carbocycles. The van der Waals surface area contributed by atoms with Crippen LogP contribution in [0.5, 0.6) is 0 Å². The Balaban J connectivity index is 0. The van der Waals surface area contributed by atoms with Crippen molar-refractivity contribution in [1.82, 2.24) is 0 Å². The summed E-state index contributed by atoms with van der Waals surface area (Å²) in [6, 6.07) is 0. The summed E-state index contributed by atoms with van der Waals surface area (Å²) in [4.78, 5) is 0. The van der Waals surface area contributed by atoms with E-state index in [1.165, 1.54) is 0 Å². The van der Waals surface area contributed by atoms with Crippen molar-refractivity contribution in [2.75, 3.05) is 0 Å². The van der Waals surface area contributed by atoms with E-state index >= 15 is 0 Å². The van der Waals surface area contributed by atoms with Gasteiger partial charge in [-0.2, -0.15) is 0 Å². The van der Waals surface area contributed by atoms with E-state index in [-0.39, 0.29) is 51.4 Å². The second-order valence-electron chi connectivity index (χ2n) is 0.924. The monoisotopic (exact) mass is 258 g/mol. The number of rotatable bonds is 2. The second kappa shape index (κ2) is 4.72. The van der Waals surface area contributed by atoms with E-state index in [2.05, 4.69) is 2.84 Å². The molecule has 0 saturated heterocycles. The Kier molecular flexibility index (Phi) is 6.76. The molecule has 2 N–H and O–H groups in total. The van der Waals surface area contributed by atoms with Crippen LogP contribution in [0.1, 0.15) is 0 Å². The summed E-state index contributed by atoms with van der Waals surface area (Å²) in [5, 5.41) is 0. The molecule has 0 radical (unpaired) electrons. The standard InChI is InChI=1S/2Cr.K.2H2O.5O.H/h;;;2*1H2;;;;;;/q2*+1;;;;;;;;;/p-2. The summed E-state index contributed by atoms with van der Waals surface area (Å²) in [5.41, 5.74) is 0. The summed E-state index contributed by atoms with van der Waals surface area (Å²) >= 11 is -11.5. The predicted octanol–water partition coefficient (Wildman–Crippen LogP) is -2.31. The van der Waals surface area contributed by atoms with Crippen molar-refractivity contribution >= 4 is 51.4 Å². The van der Waals surface area contributed by atoms with Gasteiger partial charge in [-0.25, -0.2) is 0 Å². The maximum atomic E-state index is 9.53. The Bertz CT molecular complexity index is 237. The fraction of sp³-hybridized carbons (Fsp3) is 0. The Labute approximate surface area is 103 Å². The van der Waals surface area contributed by atoms with E-state index < -0.39 is 27.2 Å². The van der Waals surface area contributed by atoms with Gasteiger partial charge in [0.05, 0.1) is 0 Å². The first-order valence-electron chi connectivity index (χ1n) is 1.37. The molecule has 0 bridgehead atoms. The van der Waals surface area contributed by atoms with Gasteiger partial charge in [-0.15, -0.1) is 0 Å². The fourth-order valence-electron chi connectivity index (χ4n) is 0.109. The molecular formula is H3Cr2KO7. The Morgan fingerprint density at radius 2 is 1.10 bits per heavy atom. The van der Waals surface area contributed by atoms with E-state index in [4.69, 9.17) is 8.32 Å². The minimum absolute atomic E-state index is 0. The van der Waals surface area contributed by atoms with E-state index in [0.717, 1.165) is 0 Å². The van der Waals surface area contributed by atoms with Gasteiger partial charge in [0.1, 0.15) is 0 Å². The molecule has 0 amide bonds. The van der Waals surface area contributed by atoms with Gasteiger partial charge in [0, 0.05) is 0 Å². The average Bonchev–Trinajstić information content (AvgIpc) is 1.14. The van der Waals surface area contributed by atoms with Gasteiger partial charge < -0.3 is 0 Å². The SMILES string of the molecule is [KH].[O]=[Cr](=[O])([OH])[O][Cr](=[O])(=[O])[OH]. The molecule has 0 heterocycles. The van der Waals surface area contributed by atoms with E-state index in [1.807, 2.05) is 0 Å². The van der Waals surface area contributed by atoms with Crippen molar-refractivity contribution in [3.63, 3.8) is 0 Å². The third kappa shape index (κ3) is 12.5. The molecule has 0 unspecified atom stereocenters. The van der Waals surface area contributed by atoms with Crippen LogP contribution in [0, 0.1) is 0 Å². The first-order valence-corrected chi connectivity index (χ1v) is 5.63. The average molecular weight is 258 g/mol. The molecule has 7 nitrogen and oxygen atoms in total. The first-order chi connectivity index (χ1) is 3.71. The molecule has 0 aliphatic rings. The number of hydrogen-bond acceptors (Lipinski definition) is 5. The van der Waals surface area contributed by atoms with Gasteiger partial charge in [0.2, 0.25) is 0 Å². The van der Waals surface area contributed by atoms with Crippen molar-refractivity contribution in [2.45, 2.75) is 0 Å². The van der Waals surface area contributed by atoms with Gasteiger partial charge in [0.25, 0.3) is 0 Å². The molecule has 0 aromatic rings. The van der Waals surface area contributed by atoms with Crippen molar-refractivity contribution in [3.05, 3.63) is 0 Å². The molecule has 0 saturated carbocycles. The summed E-state index contributed by atoms with van der Waals surface area (Å²) in [6.07, 6.45) is 0.